The van der Waals surface area contributed by atoms with Crippen molar-refractivity contribution in [3.05, 3.63) is 71.4 Å². The molecule has 5 heteroatoms. The lowest BCUT2D eigenvalue weighted by molar-refractivity contribution is -0.128. The summed E-state index contributed by atoms with van der Waals surface area (Å²) in [5, 5.41) is 13.6. The monoisotopic (exact) mass is 390 g/mol. The maximum atomic E-state index is 13.3. The first-order chi connectivity index (χ1) is 14.0. The van der Waals surface area contributed by atoms with Crippen LogP contribution >= 0.6 is 0 Å². The van der Waals surface area contributed by atoms with Crippen molar-refractivity contribution < 1.29 is 14.7 Å². The number of ketones is 1. The van der Waals surface area contributed by atoms with E-state index in [1.54, 1.807) is 0 Å². The van der Waals surface area contributed by atoms with Gasteiger partial charge in [-0.15, -0.1) is 0 Å². The summed E-state index contributed by atoms with van der Waals surface area (Å²) in [5.74, 6) is -1.48. The number of hydrogen-bond acceptors (Lipinski definition) is 3. The summed E-state index contributed by atoms with van der Waals surface area (Å²) in [6.07, 6.45) is 0.457. The zero-order chi connectivity index (χ0) is 20.5. The number of para-hydroxylation sites is 1. The minimum atomic E-state index is -0.796. The van der Waals surface area contributed by atoms with Gasteiger partial charge in [0.05, 0.1) is 6.04 Å². The fourth-order valence-corrected chi connectivity index (χ4v) is 4.50. The van der Waals surface area contributed by atoms with Gasteiger partial charge in [-0.1, -0.05) is 62.4 Å². The number of aromatic amines is 1. The van der Waals surface area contributed by atoms with Gasteiger partial charge in [-0.3, -0.25) is 9.59 Å². The Morgan fingerprint density at radius 3 is 2.34 bits per heavy atom. The van der Waals surface area contributed by atoms with E-state index in [1.165, 1.54) is 0 Å². The van der Waals surface area contributed by atoms with Gasteiger partial charge in [0, 0.05) is 29.1 Å². The molecule has 4 rings (SSSR count). The van der Waals surface area contributed by atoms with E-state index in [0.29, 0.717) is 6.42 Å². The number of benzene rings is 2. The van der Waals surface area contributed by atoms with Crippen molar-refractivity contribution in [1.29, 1.82) is 0 Å². The molecule has 2 aromatic carbocycles. The van der Waals surface area contributed by atoms with Gasteiger partial charge in [0.2, 0.25) is 5.91 Å². The summed E-state index contributed by atoms with van der Waals surface area (Å²) in [6, 6.07) is 17.1. The standard InChI is InChI=1S/C24H26N2O3/c1-14(2)21-23(28)20(24(29)26-21)19(15-8-4-3-5-9-15)22-17(12-13-27)16-10-6-7-11-18(16)25-22/h3-11,14,19-21,25,27H,12-13H2,1-2H3,(H,26,29). The molecule has 2 heterocycles. The Bertz CT molecular complexity index is 1040. The number of H-pyrrole nitrogens is 1. The third kappa shape index (κ3) is 3.36. The van der Waals surface area contributed by atoms with E-state index >= 15 is 0 Å². The molecule has 150 valence electrons. The van der Waals surface area contributed by atoms with E-state index in [2.05, 4.69) is 10.3 Å². The maximum Gasteiger partial charge on any atom is 0.232 e. The van der Waals surface area contributed by atoms with Crippen LogP contribution in [-0.2, 0) is 16.0 Å². The average Bonchev–Trinajstić information content (AvgIpc) is 3.22. The molecule has 1 saturated heterocycles. The van der Waals surface area contributed by atoms with E-state index in [1.807, 2.05) is 68.4 Å². The highest BCUT2D eigenvalue weighted by Crippen LogP contribution is 2.40. The van der Waals surface area contributed by atoms with Gasteiger partial charge in [0.1, 0.15) is 5.92 Å². The van der Waals surface area contributed by atoms with Crippen LogP contribution in [0.3, 0.4) is 0 Å². The number of fused-ring (bicyclic) bond motifs is 1. The minimum Gasteiger partial charge on any atom is -0.396 e. The summed E-state index contributed by atoms with van der Waals surface area (Å²) in [4.78, 5) is 29.7. The van der Waals surface area contributed by atoms with Crippen molar-refractivity contribution >= 4 is 22.6 Å². The molecular weight excluding hydrogens is 364 g/mol. The molecule has 0 saturated carbocycles. The number of rotatable bonds is 6. The Hall–Kier alpha value is -2.92. The number of aliphatic hydroxyl groups excluding tert-OH is 1. The summed E-state index contributed by atoms with van der Waals surface area (Å²) in [5.41, 5.74) is 3.66. The van der Waals surface area contributed by atoms with E-state index in [-0.39, 0.29) is 24.2 Å². The molecule has 1 aromatic heterocycles. The van der Waals surface area contributed by atoms with Gasteiger partial charge < -0.3 is 15.4 Å². The molecule has 0 bridgehead atoms. The van der Waals surface area contributed by atoms with Gasteiger partial charge >= 0.3 is 0 Å². The Balaban J connectivity index is 1.92. The molecule has 0 aliphatic carbocycles. The molecule has 0 spiro atoms. The number of aromatic nitrogens is 1. The topological polar surface area (TPSA) is 82.2 Å². The van der Waals surface area contributed by atoms with Gasteiger partial charge in [-0.05, 0) is 29.5 Å². The van der Waals surface area contributed by atoms with Crippen molar-refractivity contribution in [2.45, 2.75) is 32.2 Å². The van der Waals surface area contributed by atoms with E-state index in [9.17, 15) is 14.7 Å². The predicted octanol–water partition coefficient (Wildman–Crippen LogP) is 3.17. The molecule has 3 unspecified atom stereocenters. The number of nitrogens with one attached hydrogen (secondary N) is 2. The molecule has 1 aliphatic rings. The second-order valence-corrected chi connectivity index (χ2v) is 8.04. The zero-order valence-electron chi connectivity index (χ0n) is 16.7. The number of hydrogen-bond donors (Lipinski definition) is 3. The maximum absolute atomic E-state index is 13.3. The second kappa shape index (κ2) is 7.84. The van der Waals surface area contributed by atoms with Crippen LogP contribution in [0.5, 0.6) is 0 Å². The molecule has 0 radical (unpaired) electrons. The number of aliphatic hydroxyl groups is 1. The SMILES string of the molecule is CC(C)C1NC(=O)C(C(c2ccccc2)c2[nH]c3ccccc3c2CCO)C1=O. The third-order valence-electron chi connectivity index (χ3n) is 5.87. The Morgan fingerprint density at radius 2 is 1.69 bits per heavy atom. The molecule has 5 nitrogen and oxygen atoms in total. The molecule has 3 aromatic rings. The summed E-state index contributed by atoms with van der Waals surface area (Å²) >= 11 is 0. The largest absolute Gasteiger partial charge is 0.396 e. The summed E-state index contributed by atoms with van der Waals surface area (Å²) in [7, 11) is 0. The van der Waals surface area contributed by atoms with Gasteiger partial charge in [-0.25, -0.2) is 0 Å². The van der Waals surface area contributed by atoms with Crippen molar-refractivity contribution in [2.75, 3.05) is 6.61 Å². The second-order valence-electron chi connectivity index (χ2n) is 8.04. The highest BCUT2D eigenvalue weighted by Gasteiger charge is 2.48. The fraction of sp³-hybridized carbons (Fsp3) is 0.333. The Kier molecular flexibility index (Phi) is 5.24. The molecular formula is C24H26N2O3. The average molecular weight is 390 g/mol. The Labute approximate surface area is 170 Å². The predicted molar refractivity (Wildman–Crippen MR) is 113 cm³/mol. The van der Waals surface area contributed by atoms with Crippen LogP contribution in [0.25, 0.3) is 10.9 Å². The highest BCUT2D eigenvalue weighted by molar-refractivity contribution is 6.11. The molecule has 3 N–H and O–H groups in total. The van der Waals surface area contributed by atoms with Crippen LogP contribution in [0.15, 0.2) is 54.6 Å². The molecule has 1 amide bonds. The lowest BCUT2D eigenvalue weighted by atomic mass is 9.78. The smallest absolute Gasteiger partial charge is 0.232 e. The fourth-order valence-electron chi connectivity index (χ4n) is 4.50. The van der Waals surface area contributed by atoms with Crippen LogP contribution in [0.4, 0.5) is 0 Å². The van der Waals surface area contributed by atoms with Crippen molar-refractivity contribution in [2.24, 2.45) is 11.8 Å². The van der Waals surface area contributed by atoms with Crippen LogP contribution < -0.4 is 5.32 Å². The summed E-state index contributed by atoms with van der Waals surface area (Å²) < 4.78 is 0. The first-order valence-electron chi connectivity index (χ1n) is 10.1. The molecule has 1 fully saturated rings. The first kappa shape index (κ1) is 19.4. The lowest BCUT2D eigenvalue weighted by Gasteiger charge is -2.23. The summed E-state index contributed by atoms with van der Waals surface area (Å²) in [6.45, 7) is 3.89. The molecule has 29 heavy (non-hydrogen) atoms. The lowest BCUT2D eigenvalue weighted by Crippen LogP contribution is -2.34. The van der Waals surface area contributed by atoms with Gasteiger partial charge in [0.15, 0.2) is 5.78 Å². The third-order valence-corrected chi connectivity index (χ3v) is 5.87. The van der Waals surface area contributed by atoms with Gasteiger partial charge in [-0.2, -0.15) is 0 Å². The van der Waals surface area contributed by atoms with Gasteiger partial charge in [0.25, 0.3) is 0 Å². The van der Waals surface area contributed by atoms with E-state index < -0.39 is 17.9 Å². The van der Waals surface area contributed by atoms with Crippen molar-refractivity contribution in [1.82, 2.24) is 10.3 Å². The number of amides is 1. The quantitative estimate of drug-likeness (QED) is 0.566. The minimum absolute atomic E-state index is 0.00418. The molecule has 3 atom stereocenters. The number of carbonyl (C=O) groups is 2. The normalized spacial score (nSPS) is 20.4. The zero-order valence-corrected chi connectivity index (χ0v) is 16.7. The Morgan fingerprint density at radius 1 is 1.00 bits per heavy atom. The first-order valence-corrected chi connectivity index (χ1v) is 10.1. The van der Waals surface area contributed by atoms with E-state index in [0.717, 1.165) is 27.7 Å². The van der Waals surface area contributed by atoms with E-state index in [4.69, 9.17) is 0 Å². The van der Waals surface area contributed by atoms with Crippen LogP contribution in [0.2, 0.25) is 0 Å². The number of carbonyl (C=O) groups excluding carboxylic acids is 2. The number of Topliss-reactive ketones (excluding diaryl/α,β-unsaturated/α-hetero) is 1. The van der Waals surface area contributed by atoms with Crippen LogP contribution in [0, 0.1) is 11.8 Å². The van der Waals surface area contributed by atoms with Crippen LogP contribution in [0.1, 0.15) is 36.6 Å². The van der Waals surface area contributed by atoms with Crippen molar-refractivity contribution in [3.8, 4) is 0 Å². The van der Waals surface area contributed by atoms with Crippen molar-refractivity contribution in [3.63, 3.8) is 0 Å². The van der Waals surface area contributed by atoms with Crippen LogP contribution in [-0.4, -0.2) is 34.4 Å². The molecule has 1 aliphatic heterocycles. The highest BCUT2D eigenvalue weighted by atomic mass is 16.3.